The van der Waals surface area contributed by atoms with Crippen molar-refractivity contribution in [2.24, 2.45) is 5.92 Å². The molecule has 0 atom stereocenters. The number of nitrogens with zero attached hydrogens (tertiary/aromatic N) is 2. The number of aryl methyl sites for hydroxylation is 1. The predicted octanol–water partition coefficient (Wildman–Crippen LogP) is 1.57. The molecule has 1 heterocycles. The highest BCUT2D eigenvalue weighted by atomic mass is 79.9. The van der Waals surface area contributed by atoms with Gasteiger partial charge in [0.2, 0.25) is 0 Å². The molecule has 2 saturated carbocycles. The lowest BCUT2D eigenvalue weighted by Crippen LogP contribution is -2.12. The van der Waals surface area contributed by atoms with Crippen LogP contribution in [0.5, 0.6) is 0 Å². The summed E-state index contributed by atoms with van der Waals surface area (Å²) in [5.41, 5.74) is 2.25. The van der Waals surface area contributed by atoms with Crippen LogP contribution >= 0.6 is 15.9 Å². The lowest BCUT2D eigenvalue weighted by Gasteiger charge is -2.07. The Morgan fingerprint density at radius 1 is 1.69 bits per heavy atom. The summed E-state index contributed by atoms with van der Waals surface area (Å²) in [7, 11) is 0. The van der Waals surface area contributed by atoms with E-state index in [-0.39, 0.29) is 6.61 Å². The van der Waals surface area contributed by atoms with E-state index >= 15 is 0 Å². The number of aliphatic hydroxyl groups excluding tert-OH is 1. The topological polar surface area (TPSA) is 38.0 Å². The smallest absolute Gasteiger partial charge is 0.0861 e. The number of aromatic nitrogens is 2. The molecule has 13 heavy (non-hydrogen) atoms. The first-order chi connectivity index (χ1) is 6.19. The fraction of sp³-hybridized carbons (Fsp3) is 0.667. The SMILES string of the molecule is Cc1nn(C23CC2C3)c(CO)c1Br. The number of hydrogen-bond acceptors (Lipinski definition) is 2. The predicted molar refractivity (Wildman–Crippen MR) is 51.3 cm³/mol. The zero-order valence-corrected chi connectivity index (χ0v) is 9.00. The molecule has 1 N–H and O–H groups in total. The van der Waals surface area contributed by atoms with Crippen molar-refractivity contribution in [2.45, 2.75) is 31.9 Å². The normalized spacial score (nSPS) is 34.5. The van der Waals surface area contributed by atoms with E-state index in [4.69, 9.17) is 0 Å². The Labute approximate surface area is 84.9 Å². The quantitative estimate of drug-likeness (QED) is 0.856. The Bertz CT molecular complexity index is 379. The number of rotatable bonds is 2. The average Bonchev–Trinajstić information content (AvgIpc) is 2.88. The standard InChI is InChI=1S/C9H11BrN2O/c1-5-8(10)7(4-13)12(11-5)9-2-6(9)3-9/h6,13H,2-4H2,1H3. The maximum absolute atomic E-state index is 9.23. The summed E-state index contributed by atoms with van der Waals surface area (Å²) in [6.45, 7) is 2.05. The number of aliphatic hydroxyl groups is 1. The summed E-state index contributed by atoms with van der Waals surface area (Å²) in [5.74, 6) is 0.851. The number of fused-ring (bicyclic) bond motifs is 1. The van der Waals surface area contributed by atoms with Crippen molar-refractivity contribution in [3.63, 3.8) is 0 Å². The minimum Gasteiger partial charge on any atom is -0.390 e. The molecule has 0 aliphatic heterocycles. The van der Waals surface area contributed by atoms with Crippen molar-refractivity contribution in [3.8, 4) is 0 Å². The van der Waals surface area contributed by atoms with Crippen LogP contribution in [0, 0.1) is 12.8 Å². The third-order valence-corrected chi connectivity index (χ3v) is 4.32. The first kappa shape index (κ1) is 8.00. The average molecular weight is 243 g/mol. The highest BCUT2D eigenvalue weighted by Crippen LogP contribution is 2.72. The maximum Gasteiger partial charge on any atom is 0.0861 e. The molecule has 0 saturated heterocycles. The van der Waals surface area contributed by atoms with Crippen LogP contribution in [0.15, 0.2) is 4.47 Å². The van der Waals surface area contributed by atoms with E-state index in [1.54, 1.807) is 0 Å². The Balaban J connectivity index is 2.13. The van der Waals surface area contributed by atoms with Crippen LogP contribution in [0.3, 0.4) is 0 Å². The summed E-state index contributed by atoms with van der Waals surface area (Å²) >= 11 is 3.46. The molecular weight excluding hydrogens is 232 g/mol. The van der Waals surface area contributed by atoms with E-state index in [1.807, 2.05) is 11.6 Å². The van der Waals surface area contributed by atoms with Gasteiger partial charge >= 0.3 is 0 Å². The molecule has 0 amide bonds. The number of hydrogen-bond donors (Lipinski definition) is 1. The van der Waals surface area contributed by atoms with Gasteiger partial charge in [0.15, 0.2) is 0 Å². The first-order valence-corrected chi connectivity index (χ1v) is 5.33. The molecule has 2 aliphatic carbocycles. The van der Waals surface area contributed by atoms with Crippen LogP contribution in [0.2, 0.25) is 0 Å². The molecule has 0 spiro atoms. The molecule has 3 rings (SSSR count). The maximum atomic E-state index is 9.23. The van der Waals surface area contributed by atoms with Gasteiger partial charge in [-0.2, -0.15) is 5.10 Å². The van der Waals surface area contributed by atoms with Crippen LogP contribution in [0.25, 0.3) is 0 Å². The van der Waals surface area contributed by atoms with Gasteiger partial charge in [0.25, 0.3) is 0 Å². The van der Waals surface area contributed by atoms with E-state index in [1.165, 1.54) is 12.8 Å². The van der Waals surface area contributed by atoms with Gasteiger partial charge in [-0.3, -0.25) is 4.68 Å². The fourth-order valence-corrected chi connectivity index (χ4v) is 2.46. The monoisotopic (exact) mass is 242 g/mol. The minimum absolute atomic E-state index is 0.0793. The van der Waals surface area contributed by atoms with Gasteiger partial charge in [-0.15, -0.1) is 0 Å². The second kappa shape index (κ2) is 2.17. The lowest BCUT2D eigenvalue weighted by molar-refractivity contribution is 0.263. The van der Waals surface area contributed by atoms with Gasteiger partial charge in [-0.25, -0.2) is 0 Å². The highest BCUT2D eigenvalue weighted by molar-refractivity contribution is 9.10. The van der Waals surface area contributed by atoms with Gasteiger partial charge in [0.1, 0.15) is 0 Å². The van der Waals surface area contributed by atoms with Gasteiger partial charge in [0, 0.05) is 0 Å². The largest absolute Gasteiger partial charge is 0.390 e. The van der Waals surface area contributed by atoms with E-state index in [9.17, 15) is 5.11 Å². The second-order valence-electron chi connectivity index (χ2n) is 4.12. The van der Waals surface area contributed by atoms with Crippen LogP contribution < -0.4 is 0 Å². The van der Waals surface area contributed by atoms with Gasteiger partial charge in [-0.1, -0.05) is 0 Å². The Hall–Kier alpha value is -0.350. The highest BCUT2D eigenvalue weighted by Gasteiger charge is 2.72. The van der Waals surface area contributed by atoms with Crippen molar-refractivity contribution in [2.75, 3.05) is 0 Å². The molecule has 0 aromatic carbocycles. The van der Waals surface area contributed by atoms with Crippen LogP contribution in [-0.4, -0.2) is 14.9 Å². The van der Waals surface area contributed by atoms with E-state index in [0.717, 1.165) is 21.8 Å². The van der Waals surface area contributed by atoms with Crippen LogP contribution in [-0.2, 0) is 12.1 Å². The minimum atomic E-state index is 0.0793. The summed E-state index contributed by atoms with van der Waals surface area (Å²) in [5, 5.41) is 13.7. The van der Waals surface area contributed by atoms with E-state index < -0.39 is 0 Å². The lowest BCUT2D eigenvalue weighted by atomic mass is 10.3. The molecule has 2 aliphatic rings. The number of halogens is 1. The third kappa shape index (κ3) is 0.854. The third-order valence-electron chi connectivity index (χ3n) is 3.29. The summed E-state index contributed by atoms with van der Waals surface area (Å²) < 4.78 is 3.01. The zero-order valence-electron chi connectivity index (χ0n) is 7.42. The van der Waals surface area contributed by atoms with Crippen molar-refractivity contribution in [1.29, 1.82) is 0 Å². The molecule has 4 heteroatoms. The fourth-order valence-electron chi connectivity index (χ4n) is 2.08. The van der Waals surface area contributed by atoms with Gasteiger partial charge < -0.3 is 5.11 Å². The van der Waals surface area contributed by atoms with Crippen molar-refractivity contribution < 1.29 is 5.11 Å². The molecule has 70 valence electrons. The molecule has 3 nitrogen and oxygen atoms in total. The van der Waals surface area contributed by atoms with Gasteiger partial charge in [0.05, 0.1) is 28.0 Å². The first-order valence-electron chi connectivity index (χ1n) is 4.54. The molecule has 0 radical (unpaired) electrons. The van der Waals surface area contributed by atoms with Crippen molar-refractivity contribution >= 4 is 15.9 Å². The van der Waals surface area contributed by atoms with Crippen LogP contribution in [0.4, 0.5) is 0 Å². The molecule has 1 aromatic heterocycles. The summed E-state index contributed by atoms with van der Waals surface area (Å²) in [6.07, 6.45) is 2.52. The second-order valence-corrected chi connectivity index (χ2v) is 4.92. The molecule has 0 bridgehead atoms. The summed E-state index contributed by atoms with van der Waals surface area (Å²) in [6, 6.07) is 0. The zero-order chi connectivity index (χ0) is 9.22. The van der Waals surface area contributed by atoms with E-state index in [0.29, 0.717) is 5.54 Å². The summed E-state index contributed by atoms with van der Waals surface area (Å²) in [4.78, 5) is 0. The molecule has 0 unspecified atom stereocenters. The van der Waals surface area contributed by atoms with Crippen molar-refractivity contribution in [1.82, 2.24) is 9.78 Å². The van der Waals surface area contributed by atoms with Crippen LogP contribution in [0.1, 0.15) is 24.2 Å². The molecule has 2 fully saturated rings. The van der Waals surface area contributed by atoms with E-state index in [2.05, 4.69) is 21.0 Å². The molecular formula is C9H11BrN2O. The Morgan fingerprint density at radius 3 is 2.77 bits per heavy atom. The van der Waals surface area contributed by atoms with Gasteiger partial charge in [-0.05, 0) is 41.6 Å². The van der Waals surface area contributed by atoms with Crippen molar-refractivity contribution in [3.05, 3.63) is 15.9 Å². The Morgan fingerprint density at radius 2 is 2.31 bits per heavy atom. The molecule has 1 aromatic rings. The Kier molecular flexibility index (Phi) is 1.34.